The third-order valence-corrected chi connectivity index (χ3v) is 9.78. The van der Waals surface area contributed by atoms with Crippen LogP contribution in [0.4, 0.5) is 0 Å². The van der Waals surface area contributed by atoms with Crippen molar-refractivity contribution in [2.75, 3.05) is 20.8 Å². The third kappa shape index (κ3) is 12.1. The minimum Gasteiger partial charge on any atom is -0.497 e. The van der Waals surface area contributed by atoms with E-state index in [1.54, 1.807) is 82.5 Å². The Morgan fingerprint density at radius 3 is 1.87 bits per heavy atom. The van der Waals surface area contributed by atoms with Gasteiger partial charge in [0.15, 0.2) is 24.8 Å². The highest BCUT2D eigenvalue weighted by atomic mass is 16.8. The monoisotopic (exact) mass is 841 g/mol. The van der Waals surface area contributed by atoms with Crippen LogP contribution in [-0.2, 0) is 55.9 Å². The molecule has 2 heterocycles. The van der Waals surface area contributed by atoms with Crippen LogP contribution in [0.2, 0.25) is 0 Å². The summed E-state index contributed by atoms with van der Waals surface area (Å²) in [5.74, 6) is -0.522. The Kier molecular flexibility index (Phi) is 15.7. The number of benzene rings is 4. The van der Waals surface area contributed by atoms with Crippen LogP contribution in [0.3, 0.4) is 0 Å². The van der Waals surface area contributed by atoms with Gasteiger partial charge >= 0.3 is 11.9 Å². The SMILES string of the molecule is COc1ccc(OC[C@H]2O[C@H](O[C@H]3[C@H](OCc4ccccc4)[C@@H](OC(=O)c4ccccc4)[C@H](OC)O[C@H]3C(=O)OC(C)(C)C)[C@H](N=[N+]=[N-])[C@@H](OCc3ccccc3)[C@@H]2O)cc1. The highest BCUT2D eigenvalue weighted by molar-refractivity contribution is 5.89. The van der Waals surface area contributed by atoms with E-state index in [0.717, 1.165) is 11.1 Å². The Labute approximate surface area is 354 Å². The van der Waals surface area contributed by atoms with Gasteiger partial charge in [0.25, 0.3) is 0 Å². The summed E-state index contributed by atoms with van der Waals surface area (Å²) in [6.45, 7) is 4.84. The number of carbonyl (C=O) groups is 2. The summed E-state index contributed by atoms with van der Waals surface area (Å²) >= 11 is 0. The summed E-state index contributed by atoms with van der Waals surface area (Å²) in [6, 6.07) is 32.2. The molecular weight excluding hydrogens is 791 g/mol. The number of carbonyl (C=O) groups excluding carboxylic acids is 2. The maximum Gasteiger partial charge on any atom is 0.338 e. The van der Waals surface area contributed by atoms with Crippen molar-refractivity contribution in [1.82, 2.24) is 0 Å². The van der Waals surface area contributed by atoms with E-state index >= 15 is 0 Å². The van der Waals surface area contributed by atoms with E-state index < -0.39 is 78.9 Å². The Bertz CT molecular complexity index is 2030. The van der Waals surface area contributed by atoms with Crippen LogP contribution in [0.25, 0.3) is 10.4 Å². The van der Waals surface area contributed by atoms with E-state index in [-0.39, 0.29) is 25.4 Å². The maximum atomic E-state index is 14.2. The average Bonchev–Trinajstić information content (AvgIpc) is 3.27. The quantitative estimate of drug-likeness (QED) is 0.0537. The van der Waals surface area contributed by atoms with Crippen molar-refractivity contribution in [2.24, 2.45) is 5.11 Å². The molecule has 4 aromatic carbocycles. The van der Waals surface area contributed by atoms with Gasteiger partial charge < -0.3 is 52.5 Å². The zero-order valence-corrected chi connectivity index (χ0v) is 34.6. The third-order valence-electron chi connectivity index (χ3n) is 9.78. The van der Waals surface area contributed by atoms with Crippen molar-refractivity contribution in [1.29, 1.82) is 0 Å². The molecular formula is C45H51N3O13. The molecule has 324 valence electrons. The van der Waals surface area contributed by atoms with E-state index in [2.05, 4.69) is 10.0 Å². The van der Waals surface area contributed by atoms with E-state index in [9.17, 15) is 20.2 Å². The molecule has 16 nitrogen and oxygen atoms in total. The maximum absolute atomic E-state index is 14.2. The fourth-order valence-electron chi connectivity index (χ4n) is 6.85. The van der Waals surface area contributed by atoms with Gasteiger partial charge in [0.2, 0.25) is 0 Å². The minimum atomic E-state index is -1.59. The molecule has 2 saturated heterocycles. The molecule has 4 aromatic rings. The lowest BCUT2D eigenvalue weighted by atomic mass is 9.95. The number of methoxy groups -OCH3 is 2. The van der Waals surface area contributed by atoms with Crippen molar-refractivity contribution < 1.29 is 62.1 Å². The van der Waals surface area contributed by atoms with Crippen LogP contribution >= 0.6 is 0 Å². The van der Waals surface area contributed by atoms with Gasteiger partial charge in [-0.1, -0.05) is 84.0 Å². The number of esters is 2. The van der Waals surface area contributed by atoms with Gasteiger partial charge in [-0.3, -0.25) is 0 Å². The number of hydrogen-bond acceptors (Lipinski definition) is 14. The number of aliphatic hydroxyl groups is 1. The first kappa shape index (κ1) is 45.0. The van der Waals surface area contributed by atoms with Crippen molar-refractivity contribution >= 4 is 11.9 Å². The normalized spacial score (nSPS) is 26.3. The topological polar surface area (TPSA) is 195 Å². The smallest absolute Gasteiger partial charge is 0.338 e. The molecule has 0 unspecified atom stereocenters. The summed E-state index contributed by atoms with van der Waals surface area (Å²) in [4.78, 5) is 31.0. The van der Waals surface area contributed by atoms with E-state index in [0.29, 0.717) is 11.5 Å². The van der Waals surface area contributed by atoms with Crippen molar-refractivity contribution in [3.05, 3.63) is 142 Å². The highest BCUT2D eigenvalue weighted by Gasteiger charge is 2.56. The van der Waals surface area contributed by atoms with Crippen molar-refractivity contribution in [2.45, 2.75) is 101 Å². The van der Waals surface area contributed by atoms with E-state index in [4.69, 9.17) is 47.4 Å². The number of hydrogen-bond donors (Lipinski definition) is 1. The van der Waals surface area contributed by atoms with E-state index in [1.807, 2.05) is 60.7 Å². The largest absolute Gasteiger partial charge is 0.497 e. The van der Waals surface area contributed by atoms with Crippen LogP contribution in [-0.4, -0.2) is 105 Å². The molecule has 6 rings (SSSR count). The summed E-state index contributed by atoms with van der Waals surface area (Å²) in [5.41, 5.74) is 10.7. The molecule has 0 radical (unpaired) electrons. The molecule has 0 spiro atoms. The molecule has 0 bridgehead atoms. The highest BCUT2D eigenvalue weighted by Crippen LogP contribution is 2.36. The lowest BCUT2D eigenvalue weighted by molar-refractivity contribution is -0.344. The number of aliphatic hydroxyl groups excluding tert-OH is 1. The molecule has 61 heavy (non-hydrogen) atoms. The fourth-order valence-corrected chi connectivity index (χ4v) is 6.85. The Morgan fingerprint density at radius 1 is 0.738 bits per heavy atom. The molecule has 1 N–H and O–H groups in total. The van der Waals surface area contributed by atoms with E-state index in [1.165, 1.54) is 7.11 Å². The first-order valence-corrected chi connectivity index (χ1v) is 19.8. The van der Waals surface area contributed by atoms with Gasteiger partial charge in [0.1, 0.15) is 54.2 Å². The molecule has 0 saturated carbocycles. The fraction of sp³-hybridized carbons (Fsp3) is 0.422. The minimum absolute atomic E-state index is 0.0156. The molecule has 0 amide bonds. The van der Waals surface area contributed by atoms with Crippen molar-refractivity contribution in [3.8, 4) is 11.5 Å². The lowest BCUT2D eigenvalue weighted by Gasteiger charge is -2.48. The number of ether oxygens (including phenoxy) is 10. The molecule has 2 fully saturated rings. The second kappa shape index (κ2) is 21.3. The summed E-state index contributed by atoms with van der Waals surface area (Å²) < 4.78 is 61.3. The molecule has 0 aromatic heterocycles. The summed E-state index contributed by atoms with van der Waals surface area (Å²) in [7, 11) is 2.88. The first-order chi connectivity index (χ1) is 29.5. The molecule has 2 aliphatic rings. The number of azide groups is 1. The Hall–Kier alpha value is -5.55. The first-order valence-electron chi connectivity index (χ1n) is 19.8. The van der Waals surface area contributed by atoms with Gasteiger partial charge in [0, 0.05) is 12.0 Å². The zero-order valence-electron chi connectivity index (χ0n) is 34.6. The van der Waals surface area contributed by atoms with Gasteiger partial charge in [-0.2, -0.15) is 0 Å². The van der Waals surface area contributed by atoms with Gasteiger partial charge in [0.05, 0.1) is 32.0 Å². The average molecular weight is 842 g/mol. The Balaban J connectivity index is 1.40. The lowest BCUT2D eigenvalue weighted by Crippen LogP contribution is -2.66. The predicted molar refractivity (Wildman–Crippen MR) is 218 cm³/mol. The second-order valence-electron chi connectivity index (χ2n) is 15.3. The molecule has 16 heteroatoms. The molecule has 2 aliphatic heterocycles. The van der Waals surface area contributed by atoms with Gasteiger partial charge in [-0.25, -0.2) is 9.59 Å². The van der Waals surface area contributed by atoms with Crippen LogP contribution in [0.15, 0.2) is 120 Å². The molecule has 0 aliphatic carbocycles. The number of rotatable bonds is 17. The zero-order chi connectivity index (χ0) is 43.4. The summed E-state index contributed by atoms with van der Waals surface area (Å²) in [6.07, 6.45) is -12.4. The van der Waals surface area contributed by atoms with Crippen LogP contribution in [0, 0.1) is 0 Å². The van der Waals surface area contributed by atoms with Gasteiger partial charge in [-0.05, 0) is 73.8 Å². The van der Waals surface area contributed by atoms with Gasteiger partial charge in [-0.15, -0.1) is 0 Å². The van der Waals surface area contributed by atoms with Crippen molar-refractivity contribution in [3.63, 3.8) is 0 Å². The van der Waals surface area contributed by atoms with Crippen LogP contribution < -0.4 is 9.47 Å². The van der Waals surface area contributed by atoms with Crippen LogP contribution in [0.5, 0.6) is 11.5 Å². The summed E-state index contributed by atoms with van der Waals surface area (Å²) in [5, 5.41) is 15.9. The number of nitrogens with zero attached hydrogens (tertiary/aromatic N) is 3. The predicted octanol–water partition coefficient (Wildman–Crippen LogP) is 6.33. The standard InChI is InChI=1S/C45H51N3O13/c1-45(2,3)61-42(51)39-38(37(56-26-29-17-11-7-12-18-29)40(44(53-5)60-39)58-41(50)30-19-13-8-14-20-30)59-43-34(47-48-46)36(55-25-28-15-9-6-10-16-28)35(49)33(57-43)27-54-32-23-21-31(52-4)22-24-32/h6-24,33-40,43-44,49H,25-27H2,1-5H3/t33-,34-,35-,36-,37+,38+,39-,40-,43-,44-/m1/s1. The Morgan fingerprint density at radius 2 is 1.31 bits per heavy atom. The van der Waals surface area contributed by atoms with Crippen LogP contribution in [0.1, 0.15) is 42.3 Å². The molecule has 10 atom stereocenters. The second-order valence-corrected chi connectivity index (χ2v) is 15.3.